The summed E-state index contributed by atoms with van der Waals surface area (Å²) in [5.41, 5.74) is 1.68. The van der Waals surface area contributed by atoms with E-state index in [1.807, 2.05) is 48.5 Å². The molecule has 0 radical (unpaired) electrons. The minimum atomic E-state index is -0.0208. The molecule has 0 fully saturated rings. The number of amidine groups is 1. The van der Waals surface area contributed by atoms with Crippen LogP contribution in [0.3, 0.4) is 0 Å². The maximum absolute atomic E-state index is 7.89. The predicted molar refractivity (Wildman–Crippen MR) is 80.2 cm³/mol. The summed E-state index contributed by atoms with van der Waals surface area (Å²) in [4.78, 5) is 4.28. The van der Waals surface area contributed by atoms with Crippen LogP contribution in [-0.2, 0) is 0 Å². The number of nitrogens with one attached hydrogen (secondary N) is 2. The van der Waals surface area contributed by atoms with Crippen LogP contribution in [0.2, 0.25) is 0 Å². The molecule has 0 atom stereocenters. The summed E-state index contributed by atoms with van der Waals surface area (Å²) in [5.74, 6) is 0.628. The average Bonchev–Trinajstić information content (AvgIpc) is 2.48. The largest absolute Gasteiger partial charge is 0.426 e. The third kappa shape index (κ3) is 2.59. The predicted octanol–water partition coefficient (Wildman–Crippen LogP) is 3.66. The SMILES string of the molecule is N=C(Nc1cccc2ncccc12)Oc1ccccc1. The Balaban J connectivity index is 1.81. The Morgan fingerprint density at radius 1 is 0.950 bits per heavy atom. The van der Waals surface area contributed by atoms with E-state index in [1.165, 1.54) is 0 Å². The van der Waals surface area contributed by atoms with Crippen LogP contribution < -0.4 is 10.1 Å². The van der Waals surface area contributed by atoms with Crippen molar-refractivity contribution in [3.63, 3.8) is 0 Å². The lowest BCUT2D eigenvalue weighted by atomic mass is 10.2. The molecule has 0 saturated heterocycles. The molecule has 0 unspecified atom stereocenters. The first-order chi connectivity index (χ1) is 9.83. The van der Waals surface area contributed by atoms with E-state index in [0.29, 0.717) is 5.75 Å². The highest BCUT2D eigenvalue weighted by atomic mass is 16.5. The van der Waals surface area contributed by atoms with Gasteiger partial charge in [0.25, 0.3) is 6.02 Å². The van der Waals surface area contributed by atoms with Crippen LogP contribution in [0.4, 0.5) is 5.69 Å². The number of hydrogen-bond donors (Lipinski definition) is 2. The lowest BCUT2D eigenvalue weighted by Crippen LogP contribution is -2.17. The number of ether oxygens (including phenoxy) is 1. The molecule has 1 aromatic heterocycles. The van der Waals surface area contributed by atoms with Crippen LogP contribution >= 0.6 is 0 Å². The summed E-state index contributed by atoms with van der Waals surface area (Å²) in [6, 6.07) is 18.8. The van der Waals surface area contributed by atoms with E-state index in [0.717, 1.165) is 16.6 Å². The molecule has 2 aromatic carbocycles. The minimum absolute atomic E-state index is 0.0208. The van der Waals surface area contributed by atoms with Gasteiger partial charge in [-0.2, -0.15) is 0 Å². The zero-order valence-corrected chi connectivity index (χ0v) is 10.7. The summed E-state index contributed by atoms with van der Waals surface area (Å²) < 4.78 is 5.42. The van der Waals surface area contributed by atoms with Crippen molar-refractivity contribution in [3.8, 4) is 5.75 Å². The van der Waals surface area contributed by atoms with Gasteiger partial charge in [-0.15, -0.1) is 0 Å². The maximum atomic E-state index is 7.89. The van der Waals surface area contributed by atoms with Gasteiger partial charge in [-0.25, -0.2) is 0 Å². The minimum Gasteiger partial charge on any atom is -0.426 e. The Morgan fingerprint density at radius 2 is 1.80 bits per heavy atom. The normalized spacial score (nSPS) is 10.2. The molecule has 0 aliphatic rings. The molecule has 0 aliphatic heterocycles. The van der Waals surface area contributed by atoms with Gasteiger partial charge in [-0.3, -0.25) is 10.4 Å². The summed E-state index contributed by atoms with van der Waals surface area (Å²) in [5, 5.41) is 11.8. The van der Waals surface area contributed by atoms with Crippen molar-refractivity contribution in [2.45, 2.75) is 0 Å². The molecule has 1 heterocycles. The second kappa shape index (κ2) is 5.40. The van der Waals surface area contributed by atoms with Crippen molar-refractivity contribution in [2.24, 2.45) is 0 Å². The van der Waals surface area contributed by atoms with Gasteiger partial charge in [0.2, 0.25) is 0 Å². The van der Waals surface area contributed by atoms with Crippen molar-refractivity contribution < 1.29 is 4.74 Å². The van der Waals surface area contributed by atoms with Gasteiger partial charge in [0.1, 0.15) is 5.75 Å². The summed E-state index contributed by atoms with van der Waals surface area (Å²) in [6.45, 7) is 0. The first-order valence-electron chi connectivity index (χ1n) is 6.25. The first kappa shape index (κ1) is 12.2. The molecule has 0 aliphatic carbocycles. The second-order valence-corrected chi connectivity index (χ2v) is 4.24. The van der Waals surface area contributed by atoms with Crippen LogP contribution in [0.5, 0.6) is 5.75 Å². The number of aromatic nitrogens is 1. The average molecular weight is 263 g/mol. The number of fused-ring (bicyclic) bond motifs is 1. The number of hydrogen-bond acceptors (Lipinski definition) is 3. The zero-order chi connectivity index (χ0) is 13.8. The van der Waals surface area contributed by atoms with Crippen LogP contribution in [-0.4, -0.2) is 11.0 Å². The molecule has 98 valence electrons. The molecule has 2 N–H and O–H groups in total. The highest BCUT2D eigenvalue weighted by Crippen LogP contribution is 2.21. The fourth-order valence-corrected chi connectivity index (χ4v) is 1.97. The van der Waals surface area contributed by atoms with Gasteiger partial charge >= 0.3 is 0 Å². The fourth-order valence-electron chi connectivity index (χ4n) is 1.97. The van der Waals surface area contributed by atoms with E-state index in [9.17, 15) is 0 Å². The van der Waals surface area contributed by atoms with E-state index in [1.54, 1.807) is 18.3 Å². The van der Waals surface area contributed by atoms with Gasteiger partial charge in [-0.05, 0) is 36.4 Å². The van der Waals surface area contributed by atoms with Crippen LogP contribution in [0.25, 0.3) is 10.9 Å². The lowest BCUT2D eigenvalue weighted by molar-refractivity contribution is 0.544. The molecule has 0 amide bonds. The maximum Gasteiger partial charge on any atom is 0.291 e. The third-order valence-corrected chi connectivity index (χ3v) is 2.86. The monoisotopic (exact) mass is 263 g/mol. The molecule has 20 heavy (non-hydrogen) atoms. The number of nitrogens with zero attached hydrogens (tertiary/aromatic N) is 1. The third-order valence-electron chi connectivity index (χ3n) is 2.86. The number of pyridine rings is 1. The Hall–Kier alpha value is -2.88. The van der Waals surface area contributed by atoms with Gasteiger partial charge in [0, 0.05) is 11.6 Å². The smallest absolute Gasteiger partial charge is 0.291 e. The van der Waals surface area contributed by atoms with E-state index >= 15 is 0 Å². The first-order valence-corrected chi connectivity index (χ1v) is 6.25. The van der Waals surface area contributed by atoms with Crippen LogP contribution in [0.1, 0.15) is 0 Å². The molecule has 4 nitrogen and oxygen atoms in total. The molecular weight excluding hydrogens is 250 g/mol. The lowest BCUT2D eigenvalue weighted by Gasteiger charge is -2.11. The number of benzene rings is 2. The Kier molecular flexibility index (Phi) is 3.29. The highest BCUT2D eigenvalue weighted by molar-refractivity contribution is 5.99. The van der Waals surface area contributed by atoms with Gasteiger partial charge in [0.15, 0.2) is 0 Å². The molecule has 3 rings (SSSR count). The molecule has 0 spiro atoms. The van der Waals surface area contributed by atoms with E-state index in [-0.39, 0.29) is 6.02 Å². The van der Waals surface area contributed by atoms with Crippen LogP contribution in [0, 0.1) is 5.41 Å². The number of rotatable bonds is 2. The van der Waals surface area contributed by atoms with Crippen molar-refractivity contribution in [2.75, 3.05) is 5.32 Å². The van der Waals surface area contributed by atoms with Gasteiger partial charge in [-0.1, -0.05) is 24.3 Å². The fraction of sp³-hybridized carbons (Fsp3) is 0. The van der Waals surface area contributed by atoms with E-state index < -0.39 is 0 Å². The molecule has 0 bridgehead atoms. The van der Waals surface area contributed by atoms with Crippen molar-refractivity contribution >= 4 is 22.6 Å². The topological polar surface area (TPSA) is 58.0 Å². The summed E-state index contributed by atoms with van der Waals surface area (Å²) >= 11 is 0. The van der Waals surface area contributed by atoms with Crippen molar-refractivity contribution in [3.05, 3.63) is 66.9 Å². The molecule has 3 aromatic rings. The quantitative estimate of drug-likeness (QED) is 0.548. The Morgan fingerprint density at radius 3 is 2.65 bits per heavy atom. The molecule has 0 saturated carbocycles. The van der Waals surface area contributed by atoms with E-state index in [4.69, 9.17) is 10.1 Å². The Bertz CT molecular complexity index is 736. The van der Waals surface area contributed by atoms with Crippen molar-refractivity contribution in [1.82, 2.24) is 4.98 Å². The molecule has 4 heteroatoms. The van der Waals surface area contributed by atoms with Gasteiger partial charge < -0.3 is 10.1 Å². The highest BCUT2D eigenvalue weighted by Gasteiger charge is 2.04. The summed E-state index contributed by atoms with van der Waals surface area (Å²) in [7, 11) is 0. The van der Waals surface area contributed by atoms with Crippen molar-refractivity contribution in [1.29, 1.82) is 5.41 Å². The summed E-state index contributed by atoms with van der Waals surface area (Å²) in [6.07, 6.45) is 1.75. The standard InChI is InChI=1S/C16H13N3O/c17-16(20-12-6-2-1-3-7-12)19-15-10-4-9-14-13(15)8-5-11-18-14/h1-11H,(H2,17,19). The second-order valence-electron chi connectivity index (χ2n) is 4.24. The van der Waals surface area contributed by atoms with Gasteiger partial charge in [0.05, 0.1) is 11.2 Å². The molecular formula is C16H13N3O. The number of para-hydroxylation sites is 1. The zero-order valence-electron chi connectivity index (χ0n) is 10.7. The number of anilines is 1. The van der Waals surface area contributed by atoms with Crippen LogP contribution in [0.15, 0.2) is 66.9 Å². The van der Waals surface area contributed by atoms with E-state index in [2.05, 4.69) is 10.3 Å². The Labute approximate surface area is 116 Å².